The van der Waals surface area contributed by atoms with Gasteiger partial charge in [0.05, 0.1) is 25.9 Å². The lowest BCUT2D eigenvalue weighted by Crippen LogP contribution is -2.52. The summed E-state index contributed by atoms with van der Waals surface area (Å²) in [4.78, 5) is 33.3. The molecule has 0 unspecified atom stereocenters. The number of fused-ring (bicyclic) bond motifs is 1. The van der Waals surface area contributed by atoms with Gasteiger partial charge in [-0.05, 0) is 38.0 Å². The number of carbonyl (C=O) groups is 2. The molecule has 174 valence electrons. The molecule has 2 aromatic rings. The second kappa shape index (κ2) is 10.4. The number of nitrogens with one attached hydrogen (secondary N) is 2. The maximum Gasteiger partial charge on any atom is 0.356 e. The molecular weight excluding hydrogens is 408 g/mol. The van der Waals surface area contributed by atoms with Crippen LogP contribution in [0.4, 0.5) is 5.69 Å². The summed E-state index contributed by atoms with van der Waals surface area (Å²) in [7, 11) is 1.59. The summed E-state index contributed by atoms with van der Waals surface area (Å²) in [5.41, 5.74) is 1.44. The van der Waals surface area contributed by atoms with E-state index in [2.05, 4.69) is 20.1 Å². The zero-order chi connectivity index (χ0) is 22.5. The number of rotatable bonds is 7. The highest BCUT2D eigenvalue weighted by atomic mass is 16.5. The number of nitrogens with zero attached hydrogens (tertiary/aromatic N) is 2. The molecule has 0 bridgehead atoms. The van der Waals surface area contributed by atoms with Crippen LogP contribution in [0.15, 0.2) is 18.2 Å². The minimum absolute atomic E-state index is 0.134. The number of anilines is 1. The summed E-state index contributed by atoms with van der Waals surface area (Å²) in [5, 5.41) is 3.69. The number of amides is 1. The Labute approximate surface area is 189 Å². The van der Waals surface area contributed by atoms with Gasteiger partial charge in [-0.15, -0.1) is 0 Å². The summed E-state index contributed by atoms with van der Waals surface area (Å²) in [5.74, 6) is 0.0330. The van der Waals surface area contributed by atoms with Crippen molar-refractivity contribution < 1.29 is 19.1 Å². The van der Waals surface area contributed by atoms with Crippen molar-refractivity contribution in [1.82, 2.24) is 14.8 Å². The Morgan fingerprint density at radius 2 is 1.88 bits per heavy atom. The lowest BCUT2D eigenvalue weighted by atomic mass is 9.94. The summed E-state index contributed by atoms with van der Waals surface area (Å²) in [6, 6.07) is 6.17. The van der Waals surface area contributed by atoms with Gasteiger partial charge in [0.25, 0.3) is 0 Å². The van der Waals surface area contributed by atoms with Gasteiger partial charge in [-0.1, -0.05) is 19.3 Å². The zero-order valence-corrected chi connectivity index (χ0v) is 19.1. The molecule has 1 saturated heterocycles. The van der Waals surface area contributed by atoms with Gasteiger partial charge in [-0.2, -0.15) is 0 Å². The minimum atomic E-state index is -0.487. The van der Waals surface area contributed by atoms with E-state index in [1.54, 1.807) is 14.0 Å². The number of H-pyrrole nitrogens is 1. The molecule has 0 radical (unpaired) electrons. The smallest absolute Gasteiger partial charge is 0.356 e. The average Bonchev–Trinajstić information content (AvgIpc) is 3.17. The van der Waals surface area contributed by atoms with E-state index in [1.807, 2.05) is 18.2 Å². The molecular formula is C24H34N4O4. The van der Waals surface area contributed by atoms with Gasteiger partial charge in [0.15, 0.2) is 0 Å². The Balaban J connectivity index is 1.42. The van der Waals surface area contributed by atoms with Crippen molar-refractivity contribution in [2.45, 2.75) is 45.1 Å². The average molecular weight is 443 g/mol. The van der Waals surface area contributed by atoms with E-state index in [9.17, 15) is 9.59 Å². The molecule has 1 amide bonds. The lowest BCUT2D eigenvalue weighted by Gasteiger charge is -2.40. The van der Waals surface area contributed by atoms with Crippen molar-refractivity contribution in [2.24, 2.45) is 0 Å². The number of aromatic amines is 1. The Morgan fingerprint density at radius 3 is 2.56 bits per heavy atom. The van der Waals surface area contributed by atoms with Gasteiger partial charge in [-0.25, -0.2) is 4.79 Å². The van der Waals surface area contributed by atoms with E-state index in [0.717, 1.165) is 37.1 Å². The highest BCUT2D eigenvalue weighted by molar-refractivity contribution is 6.11. The molecule has 1 aliphatic heterocycles. The third-order valence-corrected chi connectivity index (χ3v) is 6.61. The summed E-state index contributed by atoms with van der Waals surface area (Å²) < 4.78 is 10.5. The third-order valence-electron chi connectivity index (χ3n) is 6.61. The van der Waals surface area contributed by atoms with E-state index in [1.165, 1.54) is 32.1 Å². The van der Waals surface area contributed by atoms with Gasteiger partial charge in [0.2, 0.25) is 5.91 Å². The summed E-state index contributed by atoms with van der Waals surface area (Å²) in [6.45, 7) is 6.11. The monoisotopic (exact) mass is 442 g/mol. The molecule has 2 N–H and O–H groups in total. The Bertz CT molecular complexity index is 943. The second-order valence-electron chi connectivity index (χ2n) is 8.66. The van der Waals surface area contributed by atoms with Gasteiger partial charge in [0.1, 0.15) is 11.4 Å². The molecule has 1 saturated carbocycles. The molecule has 1 aromatic heterocycles. The largest absolute Gasteiger partial charge is 0.497 e. The number of aromatic nitrogens is 1. The zero-order valence-electron chi connectivity index (χ0n) is 19.1. The van der Waals surface area contributed by atoms with Crippen LogP contribution in [-0.2, 0) is 9.53 Å². The molecule has 2 aliphatic rings. The fourth-order valence-electron chi connectivity index (χ4n) is 4.90. The molecule has 1 aromatic carbocycles. The highest BCUT2D eigenvalue weighted by Gasteiger charge is 2.27. The van der Waals surface area contributed by atoms with Crippen molar-refractivity contribution >= 4 is 28.5 Å². The number of hydrogen-bond acceptors (Lipinski definition) is 6. The van der Waals surface area contributed by atoms with E-state index < -0.39 is 5.97 Å². The summed E-state index contributed by atoms with van der Waals surface area (Å²) in [6.07, 6.45) is 6.66. The molecule has 1 aliphatic carbocycles. The number of benzene rings is 1. The van der Waals surface area contributed by atoms with Crippen molar-refractivity contribution in [2.75, 3.05) is 51.8 Å². The first-order valence-electron chi connectivity index (χ1n) is 11.7. The van der Waals surface area contributed by atoms with Crippen LogP contribution in [0, 0.1) is 0 Å². The number of carbonyl (C=O) groups excluding carboxylic acids is 2. The first-order valence-corrected chi connectivity index (χ1v) is 11.7. The van der Waals surface area contributed by atoms with Crippen LogP contribution >= 0.6 is 0 Å². The minimum Gasteiger partial charge on any atom is -0.497 e. The summed E-state index contributed by atoms with van der Waals surface area (Å²) >= 11 is 0. The van der Waals surface area contributed by atoms with Gasteiger partial charge in [0, 0.05) is 43.1 Å². The van der Waals surface area contributed by atoms with E-state index in [0.29, 0.717) is 24.0 Å². The van der Waals surface area contributed by atoms with Gasteiger partial charge >= 0.3 is 5.97 Å². The molecule has 4 rings (SSSR count). The normalized spacial score (nSPS) is 18.6. The number of ether oxygens (including phenoxy) is 2. The first-order chi connectivity index (χ1) is 15.6. The lowest BCUT2D eigenvalue weighted by molar-refractivity contribution is -0.117. The Hall–Kier alpha value is -2.58. The molecule has 8 nitrogen and oxygen atoms in total. The van der Waals surface area contributed by atoms with E-state index in [-0.39, 0.29) is 18.2 Å². The maximum atomic E-state index is 12.9. The first kappa shape index (κ1) is 22.6. The van der Waals surface area contributed by atoms with Crippen LogP contribution in [0.3, 0.4) is 0 Å². The van der Waals surface area contributed by atoms with Crippen molar-refractivity contribution in [3.63, 3.8) is 0 Å². The van der Waals surface area contributed by atoms with Crippen LogP contribution in [0.5, 0.6) is 5.75 Å². The van der Waals surface area contributed by atoms with Crippen LogP contribution in [0.2, 0.25) is 0 Å². The van der Waals surface area contributed by atoms with Gasteiger partial charge in [-0.3, -0.25) is 14.6 Å². The van der Waals surface area contributed by atoms with E-state index >= 15 is 0 Å². The van der Waals surface area contributed by atoms with Crippen molar-refractivity contribution in [3.05, 3.63) is 23.9 Å². The Morgan fingerprint density at radius 1 is 1.12 bits per heavy atom. The number of esters is 1. The molecule has 2 fully saturated rings. The third kappa shape index (κ3) is 5.07. The maximum absolute atomic E-state index is 12.9. The number of piperazine rings is 1. The van der Waals surface area contributed by atoms with Crippen LogP contribution in [-0.4, -0.2) is 79.1 Å². The fraction of sp³-hybridized carbons (Fsp3) is 0.583. The topological polar surface area (TPSA) is 86.9 Å². The van der Waals surface area contributed by atoms with Crippen LogP contribution in [0.1, 0.15) is 49.5 Å². The molecule has 8 heteroatoms. The fourth-order valence-corrected chi connectivity index (χ4v) is 4.90. The predicted octanol–water partition coefficient (Wildman–Crippen LogP) is 3.24. The van der Waals surface area contributed by atoms with Crippen LogP contribution in [0.25, 0.3) is 10.9 Å². The second-order valence-corrected chi connectivity index (χ2v) is 8.66. The standard InChI is InChI=1S/C24H34N4O4/c1-3-32-24(30)23-22(19-15-18(31-2)9-10-20(19)25-23)26-21(29)16-27-11-13-28(14-12-27)17-7-5-4-6-8-17/h9-10,15,17,25H,3-8,11-14,16H2,1-2H3,(H,26,29). The Kier molecular flexibility index (Phi) is 7.32. The number of methoxy groups -OCH3 is 1. The molecule has 2 heterocycles. The van der Waals surface area contributed by atoms with E-state index in [4.69, 9.17) is 9.47 Å². The van der Waals surface area contributed by atoms with Gasteiger partial charge < -0.3 is 19.8 Å². The number of hydrogen-bond donors (Lipinski definition) is 2. The highest BCUT2D eigenvalue weighted by Crippen LogP contribution is 2.31. The molecule has 0 atom stereocenters. The predicted molar refractivity (Wildman–Crippen MR) is 124 cm³/mol. The van der Waals surface area contributed by atoms with Crippen molar-refractivity contribution in [3.8, 4) is 5.75 Å². The SMILES string of the molecule is CCOC(=O)c1[nH]c2ccc(OC)cc2c1NC(=O)CN1CCN(C2CCCCC2)CC1. The van der Waals surface area contributed by atoms with Crippen LogP contribution < -0.4 is 10.1 Å². The molecule has 0 spiro atoms. The quantitative estimate of drug-likeness (QED) is 0.640. The van der Waals surface area contributed by atoms with Crippen molar-refractivity contribution in [1.29, 1.82) is 0 Å². The molecule has 32 heavy (non-hydrogen) atoms.